The highest BCUT2D eigenvalue weighted by Crippen LogP contribution is 2.38. The Morgan fingerprint density at radius 2 is 1.97 bits per heavy atom. The number of nitrogens with zero attached hydrogens (tertiary/aromatic N) is 4. The molecule has 3 heterocycles. The third-order valence-corrected chi connectivity index (χ3v) is 8.22. The van der Waals surface area contributed by atoms with Gasteiger partial charge in [0, 0.05) is 41.9 Å². The molecule has 6 heteroatoms. The fourth-order valence-electron chi connectivity index (χ4n) is 6.12. The van der Waals surface area contributed by atoms with Gasteiger partial charge in [-0.3, -0.25) is 4.99 Å². The molecule has 1 unspecified atom stereocenters. The molecule has 5 rings (SSSR count). The third-order valence-electron chi connectivity index (χ3n) is 7.91. The number of hydrogen-bond donors (Lipinski definition) is 1. The molecule has 1 aromatic heterocycles. The van der Waals surface area contributed by atoms with Crippen LogP contribution in [-0.2, 0) is 0 Å². The lowest BCUT2D eigenvalue weighted by atomic mass is 9.87. The molecule has 1 saturated heterocycles. The highest BCUT2D eigenvalue weighted by atomic mass is 35.5. The lowest BCUT2D eigenvalue weighted by Gasteiger charge is -2.35. The topological polar surface area (TPSA) is 47.0 Å². The largest absolute Gasteiger partial charge is 0.374 e. The summed E-state index contributed by atoms with van der Waals surface area (Å²) >= 11 is 6.81. The van der Waals surface area contributed by atoms with Crippen molar-refractivity contribution in [3.8, 4) is 0 Å². The molecule has 1 atom stereocenters. The van der Waals surface area contributed by atoms with Gasteiger partial charge in [-0.15, -0.1) is 0 Å². The molecule has 0 amide bonds. The fourth-order valence-corrected chi connectivity index (χ4v) is 6.41. The smallest absolute Gasteiger partial charge is 0.121 e. The molecule has 3 aliphatic rings. The number of likely N-dealkylation sites (tertiary alicyclic amines) is 1. The number of nitrogens with one attached hydrogen (secondary N) is 1. The number of H-pyrrole nitrogens is 1. The third kappa shape index (κ3) is 5.35. The summed E-state index contributed by atoms with van der Waals surface area (Å²) in [4.78, 5) is 17.7. The predicted molar refractivity (Wildman–Crippen MR) is 159 cm³/mol. The number of hydrogen-bond acceptors (Lipinski definition) is 4. The first kappa shape index (κ1) is 26.0. The number of benzene rings is 1. The zero-order chi connectivity index (χ0) is 26.3. The Kier molecular flexibility index (Phi) is 7.46. The van der Waals surface area contributed by atoms with Crippen molar-refractivity contribution in [2.45, 2.75) is 64.3 Å². The second-order valence-corrected chi connectivity index (χ2v) is 11.8. The van der Waals surface area contributed by atoms with Crippen molar-refractivity contribution < 1.29 is 0 Å². The second-order valence-electron chi connectivity index (χ2n) is 11.4. The van der Waals surface area contributed by atoms with Crippen LogP contribution in [0.4, 0.5) is 0 Å². The van der Waals surface area contributed by atoms with Gasteiger partial charge in [-0.05, 0) is 93.4 Å². The van der Waals surface area contributed by atoms with E-state index in [2.05, 4.69) is 89.6 Å². The van der Waals surface area contributed by atoms with E-state index >= 15 is 0 Å². The lowest BCUT2D eigenvalue weighted by Crippen LogP contribution is -2.35. The molecule has 1 aromatic carbocycles. The summed E-state index contributed by atoms with van der Waals surface area (Å²) in [6.45, 7) is 13.9. The Morgan fingerprint density at radius 1 is 1.22 bits per heavy atom. The Morgan fingerprint density at radius 3 is 2.68 bits per heavy atom. The van der Waals surface area contributed by atoms with Crippen LogP contribution >= 0.6 is 11.6 Å². The molecular formula is C31H40ClN5. The Hall–Kier alpha value is -2.63. The number of halogens is 1. The van der Waals surface area contributed by atoms with E-state index in [1.807, 2.05) is 6.92 Å². The van der Waals surface area contributed by atoms with Crippen molar-refractivity contribution in [2.24, 2.45) is 9.98 Å². The maximum absolute atomic E-state index is 6.81. The monoisotopic (exact) mass is 517 g/mol. The van der Waals surface area contributed by atoms with Crippen molar-refractivity contribution in [3.63, 3.8) is 0 Å². The number of allylic oxidation sites excluding steroid dienone is 3. The van der Waals surface area contributed by atoms with Crippen molar-refractivity contribution in [1.29, 1.82) is 0 Å². The van der Waals surface area contributed by atoms with E-state index in [0.29, 0.717) is 16.9 Å². The summed E-state index contributed by atoms with van der Waals surface area (Å²) in [5.41, 5.74) is 8.50. The Balaban J connectivity index is 1.43. The predicted octanol–water partition coefficient (Wildman–Crippen LogP) is 7.09. The molecular weight excluding hydrogens is 478 g/mol. The highest BCUT2D eigenvalue weighted by molar-refractivity contribution is 6.46. The van der Waals surface area contributed by atoms with Gasteiger partial charge < -0.3 is 14.8 Å². The number of likely N-dealkylation sites (N-methyl/N-ethyl adjacent to an activating group) is 1. The quantitative estimate of drug-likeness (QED) is 0.444. The van der Waals surface area contributed by atoms with Crippen LogP contribution in [-0.4, -0.2) is 66.1 Å². The van der Waals surface area contributed by atoms with Gasteiger partial charge in [-0.1, -0.05) is 44.2 Å². The number of rotatable bonds is 6. The first-order valence-corrected chi connectivity index (χ1v) is 14.0. The van der Waals surface area contributed by atoms with E-state index in [1.165, 1.54) is 46.3 Å². The first-order valence-electron chi connectivity index (χ1n) is 13.6. The number of piperidine rings is 1. The number of aromatic nitrogens is 1. The number of amidine groups is 1. The first-order chi connectivity index (χ1) is 17.7. The van der Waals surface area contributed by atoms with Gasteiger partial charge in [0.15, 0.2) is 0 Å². The minimum absolute atomic E-state index is 0.0860. The summed E-state index contributed by atoms with van der Waals surface area (Å²) in [7, 11) is 4.21. The maximum atomic E-state index is 6.81. The van der Waals surface area contributed by atoms with Crippen molar-refractivity contribution in [2.75, 3.05) is 33.7 Å². The van der Waals surface area contributed by atoms with Gasteiger partial charge in [-0.25, -0.2) is 4.99 Å². The molecule has 1 aliphatic carbocycles. The van der Waals surface area contributed by atoms with E-state index in [0.717, 1.165) is 49.6 Å². The molecule has 196 valence electrons. The SMILES string of the molecule is C=C(CN(C)C)N1CCC(c2ccc3[nH]c(C4=C/CCC5N=C(C)N=C5/C(Cl)=C\4)c(C(C)C)c3c2)CC1. The highest BCUT2D eigenvalue weighted by Gasteiger charge is 2.27. The van der Waals surface area contributed by atoms with Crippen LogP contribution in [0.1, 0.15) is 75.1 Å². The van der Waals surface area contributed by atoms with Crippen LogP contribution in [0.5, 0.6) is 0 Å². The normalized spacial score (nSPS) is 23.8. The molecule has 2 aliphatic heterocycles. The minimum Gasteiger partial charge on any atom is -0.374 e. The van der Waals surface area contributed by atoms with Crippen LogP contribution in [0.2, 0.25) is 0 Å². The number of aromatic amines is 1. The van der Waals surface area contributed by atoms with Gasteiger partial charge >= 0.3 is 0 Å². The maximum Gasteiger partial charge on any atom is 0.121 e. The molecule has 0 saturated carbocycles. The van der Waals surface area contributed by atoms with E-state index in [-0.39, 0.29) is 6.04 Å². The Bertz CT molecular complexity index is 1310. The van der Waals surface area contributed by atoms with Crippen LogP contribution in [0, 0.1) is 0 Å². The van der Waals surface area contributed by atoms with Crippen molar-refractivity contribution >= 4 is 39.6 Å². The standard InChI is InChI=1S/C31H40ClN5/c1-19(2)29-25-16-23(22-12-14-37(15-13-22)20(3)18-36(5)6)10-11-27(25)35-30(29)24-8-7-9-28-31(26(32)17-24)34-21(4)33-28/h8,10-11,16-17,19,22,28,35H,3,7,9,12-15,18H2,1-2,4-6H3/b24-8+,26-17+. The second kappa shape index (κ2) is 10.6. The van der Waals surface area contributed by atoms with Crippen molar-refractivity contribution in [3.05, 3.63) is 64.5 Å². The van der Waals surface area contributed by atoms with E-state index < -0.39 is 0 Å². The molecule has 2 aromatic rings. The van der Waals surface area contributed by atoms with Crippen LogP contribution in [0.25, 0.3) is 16.5 Å². The Labute approximate surface area is 226 Å². The average molecular weight is 518 g/mol. The molecule has 0 spiro atoms. The molecule has 1 N–H and O–H groups in total. The fraction of sp³-hybridized carbons (Fsp3) is 0.484. The lowest BCUT2D eigenvalue weighted by molar-refractivity contribution is 0.243. The minimum atomic E-state index is 0.0860. The van der Waals surface area contributed by atoms with Gasteiger partial charge in [0.1, 0.15) is 5.84 Å². The van der Waals surface area contributed by atoms with E-state index in [1.54, 1.807) is 0 Å². The van der Waals surface area contributed by atoms with Crippen LogP contribution in [0.15, 0.2) is 57.6 Å². The summed E-state index contributed by atoms with van der Waals surface area (Å²) in [5.74, 6) is 1.79. The summed E-state index contributed by atoms with van der Waals surface area (Å²) in [5, 5.41) is 2.04. The summed E-state index contributed by atoms with van der Waals surface area (Å²) in [6.07, 6.45) is 8.63. The molecule has 1 fully saturated rings. The zero-order valence-electron chi connectivity index (χ0n) is 22.9. The van der Waals surface area contributed by atoms with Crippen LogP contribution in [0.3, 0.4) is 0 Å². The van der Waals surface area contributed by atoms with Crippen LogP contribution < -0.4 is 0 Å². The summed E-state index contributed by atoms with van der Waals surface area (Å²) in [6, 6.07) is 7.14. The number of fused-ring (bicyclic) bond motifs is 2. The van der Waals surface area contributed by atoms with Gasteiger partial charge in [0.25, 0.3) is 0 Å². The van der Waals surface area contributed by atoms with Gasteiger partial charge in [0.2, 0.25) is 0 Å². The molecule has 37 heavy (non-hydrogen) atoms. The molecule has 5 nitrogen and oxygen atoms in total. The summed E-state index contributed by atoms with van der Waals surface area (Å²) < 4.78 is 0. The van der Waals surface area contributed by atoms with Gasteiger partial charge in [0.05, 0.1) is 16.8 Å². The van der Waals surface area contributed by atoms with E-state index in [9.17, 15) is 0 Å². The van der Waals surface area contributed by atoms with E-state index in [4.69, 9.17) is 11.6 Å². The number of aliphatic imine (C=N–C) groups is 2. The zero-order valence-corrected chi connectivity index (χ0v) is 23.7. The molecule has 0 radical (unpaired) electrons. The van der Waals surface area contributed by atoms with Gasteiger partial charge in [-0.2, -0.15) is 0 Å². The van der Waals surface area contributed by atoms with Crippen molar-refractivity contribution in [1.82, 2.24) is 14.8 Å². The average Bonchev–Trinajstić information content (AvgIpc) is 3.41. The molecule has 0 bridgehead atoms.